The summed E-state index contributed by atoms with van der Waals surface area (Å²) in [4.78, 5) is 0. The lowest BCUT2D eigenvalue weighted by Crippen LogP contribution is -2.19. The molecule has 1 saturated heterocycles. The number of nitrogens with zero attached hydrogens (tertiary/aromatic N) is 4. The number of tetrazole rings is 1. The lowest BCUT2D eigenvalue weighted by atomic mass is 10.0. The molecule has 2 unspecified atom stereocenters. The topological polar surface area (TPSA) is 78.8 Å². The molecule has 2 heterocycles. The van der Waals surface area contributed by atoms with Crippen LogP contribution in [-0.2, 0) is 11.3 Å². The fourth-order valence-electron chi connectivity index (χ4n) is 2.47. The van der Waals surface area contributed by atoms with Crippen molar-refractivity contribution in [3.05, 3.63) is 23.2 Å². The lowest BCUT2D eigenvalue weighted by Gasteiger charge is -2.14. The van der Waals surface area contributed by atoms with Gasteiger partial charge in [-0.3, -0.25) is 0 Å². The van der Waals surface area contributed by atoms with Crippen molar-refractivity contribution in [1.82, 2.24) is 20.2 Å². The van der Waals surface area contributed by atoms with Gasteiger partial charge in [-0.25, -0.2) is 4.68 Å². The third kappa shape index (κ3) is 2.48. The Bertz CT molecular complexity index is 615. The first kappa shape index (κ1) is 13.3. The van der Waals surface area contributed by atoms with Gasteiger partial charge in [0.1, 0.15) is 0 Å². The van der Waals surface area contributed by atoms with E-state index in [1.54, 1.807) is 16.8 Å². The van der Waals surface area contributed by atoms with Gasteiger partial charge in [0, 0.05) is 23.8 Å². The summed E-state index contributed by atoms with van der Waals surface area (Å²) >= 11 is 6.22. The van der Waals surface area contributed by atoms with Crippen molar-refractivity contribution in [3.63, 3.8) is 0 Å². The second kappa shape index (κ2) is 5.38. The lowest BCUT2D eigenvalue weighted by molar-refractivity contribution is 0.101. The van der Waals surface area contributed by atoms with E-state index >= 15 is 0 Å². The van der Waals surface area contributed by atoms with Gasteiger partial charge in [0.2, 0.25) is 0 Å². The minimum atomic E-state index is 0.230. The van der Waals surface area contributed by atoms with Gasteiger partial charge in [0.05, 0.1) is 17.7 Å². The highest BCUT2D eigenvalue weighted by Crippen LogP contribution is 2.29. The number of ether oxygens (including phenoxy) is 1. The van der Waals surface area contributed by atoms with E-state index in [4.69, 9.17) is 22.1 Å². The third-order valence-electron chi connectivity index (χ3n) is 3.71. The van der Waals surface area contributed by atoms with E-state index < -0.39 is 0 Å². The summed E-state index contributed by atoms with van der Waals surface area (Å²) in [5.74, 6) is 1.08. The largest absolute Gasteiger partial charge is 0.399 e. The Morgan fingerprint density at radius 3 is 3.05 bits per heavy atom. The first-order valence-electron chi connectivity index (χ1n) is 6.58. The molecule has 20 heavy (non-hydrogen) atoms. The number of nitrogen functional groups attached to an aromatic ring is 1. The summed E-state index contributed by atoms with van der Waals surface area (Å²) in [5, 5.41) is 12.5. The van der Waals surface area contributed by atoms with Gasteiger partial charge in [-0.1, -0.05) is 11.6 Å². The fraction of sp³-hybridized carbons (Fsp3) is 0.462. The average molecular weight is 294 g/mol. The van der Waals surface area contributed by atoms with Crippen LogP contribution in [0.15, 0.2) is 18.2 Å². The number of halogens is 1. The molecule has 0 saturated carbocycles. The first-order valence-corrected chi connectivity index (χ1v) is 6.96. The molecule has 0 amide bonds. The van der Waals surface area contributed by atoms with Gasteiger partial charge in [-0.2, -0.15) is 0 Å². The highest BCUT2D eigenvalue weighted by molar-refractivity contribution is 6.33. The van der Waals surface area contributed by atoms with Gasteiger partial charge in [0.25, 0.3) is 0 Å². The molecule has 1 aliphatic rings. The van der Waals surface area contributed by atoms with E-state index in [1.807, 2.05) is 6.07 Å². The molecule has 0 radical (unpaired) electrons. The van der Waals surface area contributed by atoms with Gasteiger partial charge >= 0.3 is 0 Å². The van der Waals surface area contributed by atoms with Crippen LogP contribution in [0, 0.1) is 5.92 Å². The SMILES string of the molecule is CC1OCCC1Cn1nnnc1-c1ccc(N)cc1Cl. The number of nitrogens with two attached hydrogens (primary N) is 1. The van der Waals surface area contributed by atoms with Crippen LogP contribution in [0.5, 0.6) is 0 Å². The monoisotopic (exact) mass is 293 g/mol. The Kier molecular flexibility index (Phi) is 3.58. The summed E-state index contributed by atoms with van der Waals surface area (Å²) in [7, 11) is 0. The molecule has 1 fully saturated rings. The van der Waals surface area contributed by atoms with Crippen LogP contribution in [0.1, 0.15) is 13.3 Å². The van der Waals surface area contributed by atoms with E-state index in [0.717, 1.165) is 25.1 Å². The number of anilines is 1. The summed E-state index contributed by atoms with van der Waals surface area (Å²) in [6.45, 7) is 3.61. The van der Waals surface area contributed by atoms with Gasteiger partial charge in [-0.15, -0.1) is 5.10 Å². The quantitative estimate of drug-likeness (QED) is 0.876. The highest BCUT2D eigenvalue weighted by atomic mass is 35.5. The van der Waals surface area contributed by atoms with Crippen LogP contribution in [0.2, 0.25) is 5.02 Å². The third-order valence-corrected chi connectivity index (χ3v) is 4.02. The van der Waals surface area contributed by atoms with Crippen LogP contribution in [-0.4, -0.2) is 32.9 Å². The molecule has 1 aromatic heterocycles. The van der Waals surface area contributed by atoms with Crippen molar-refractivity contribution in [2.24, 2.45) is 5.92 Å². The van der Waals surface area contributed by atoms with Crippen LogP contribution >= 0.6 is 11.6 Å². The summed E-state index contributed by atoms with van der Waals surface area (Å²) in [6, 6.07) is 5.34. The minimum absolute atomic E-state index is 0.230. The van der Waals surface area contributed by atoms with E-state index in [0.29, 0.717) is 22.5 Å². The number of hydrogen-bond acceptors (Lipinski definition) is 5. The molecular formula is C13H16ClN5O. The van der Waals surface area contributed by atoms with Crippen molar-refractivity contribution >= 4 is 17.3 Å². The average Bonchev–Trinajstić information content (AvgIpc) is 3.01. The van der Waals surface area contributed by atoms with Crippen LogP contribution in [0.4, 0.5) is 5.69 Å². The Balaban J connectivity index is 1.89. The molecule has 2 N–H and O–H groups in total. The summed E-state index contributed by atoms with van der Waals surface area (Å²) < 4.78 is 7.36. The van der Waals surface area contributed by atoms with Crippen molar-refractivity contribution in [3.8, 4) is 11.4 Å². The highest BCUT2D eigenvalue weighted by Gasteiger charge is 2.26. The van der Waals surface area contributed by atoms with Crippen LogP contribution in [0.3, 0.4) is 0 Å². The molecule has 1 aromatic carbocycles. The Hall–Kier alpha value is -1.66. The van der Waals surface area contributed by atoms with E-state index in [9.17, 15) is 0 Å². The van der Waals surface area contributed by atoms with Crippen LogP contribution < -0.4 is 5.73 Å². The Morgan fingerprint density at radius 2 is 2.35 bits per heavy atom. The standard InChI is InChI=1S/C13H16ClN5O/c1-8-9(4-5-20-8)7-19-13(16-17-18-19)11-3-2-10(15)6-12(11)14/h2-3,6,8-9H,4-5,7,15H2,1H3. The molecule has 0 spiro atoms. The maximum absolute atomic E-state index is 6.22. The molecule has 6 nitrogen and oxygen atoms in total. The number of hydrogen-bond donors (Lipinski definition) is 1. The second-order valence-electron chi connectivity index (χ2n) is 5.05. The first-order chi connectivity index (χ1) is 9.65. The van der Waals surface area contributed by atoms with E-state index in [-0.39, 0.29) is 6.10 Å². The maximum atomic E-state index is 6.22. The number of benzene rings is 1. The van der Waals surface area contributed by atoms with Crippen molar-refractivity contribution in [2.75, 3.05) is 12.3 Å². The van der Waals surface area contributed by atoms with Gasteiger partial charge < -0.3 is 10.5 Å². The number of aromatic nitrogens is 4. The van der Waals surface area contributed by atoms with Crippen molar-refractivity contribution in [2.45, 2.75) is 26.0 Å². The molecule has 2 atom stereocenters. The molecule has 106 valence electrons. The minimum Gasteiger partial charge on any atom is -0.399 e. The van der Waals surface area contributed by atoms with Crippen LogP contribution in [0.25, 0.3) is 11.4 Å². The Morgan fingerprint density at radius 1 is 1.50 bits per heavy atom. The van der Waals surface area contributed by atoms with E-state index in [1.165, 1.54) is 0 Å². The second-order valence-corrected chi connectivity index (χ2v) is 5.46. The van der Waals surface area contributed by atoms with Crippen molar-refractivity contribution < 1.29 is 4.74 Å². The summed E-state index contributed by atoms with van der Waals surface area (Å²) in [6.07, 6.45) is 1.25. The van der Waals surface area contributed by atoms with Crippen molar-refractivity contribution in [1.29, 1.82) is 0 Å². The zero-order valence-electron chi connectivity index (χ0n) is 11.2. The predicted molar refractivity (Wildman–Crippen MR) is 76.2 cm³/mol. The molecule has 7 heteroatoms. The smallest absolute Gasteiger partial charge is 0.183 e. The molecule has 1 aliphatic heterocycles. The zero-order chi connectivity index (χ0) is 14.1. The molecule has 3 rings (SSSR count). The predicted octanol–water partition coefficient (Wildman–Crippen LogP) is 2.00. The molecule has 0 bridgehead atoms. The number of rotatable bonds is 3. The molecule has 2 aromatic rings. The zero-order valence-corrected chi connectivity index (χ0v) is 11.9. The van der Waals surface area contributed by atoms with Gasteiger partial charge in [-0.05, 0) is 42.0 Å². The fourth-order valence-corrected chi connectivity index (χ4v) is 2.74. The normalized spacial score (nSPS) is 22.3. The summed E-state index contributed by atoms with van der Waals surface area (Å²) in [5.41, 5.74) is 7.12. The Labute approximate surface area is 121 Å². The van der Waals surface area contributed by atoms with E-state index in [2.05, 4.69) is 22.4 Å². The molecular weight excluding hydrogens is 278 g/mol. The molecule has 0 aliphatic carbocycles. The maximum Gasteiger partial charge on any atom is 0.183 e. The van der Waals surface area contributed by atoms with Gasteiger partial charge in [0.15, 0.2) is 5.82 Å².